The predicted molar refractivity (Wildman–Crippen MR) is 173 cm³/mol. The third-order valence-electron chi connectivity index (χ3n) is 8.28. The molecule has 238 valence electrons. The van der Waals surface area contributed by atoms with E-state index in [1.807, 2.05) is 12.1 Å². The molecule has 0 bridgehead atoms. The predicted octanol–water partition coefficient (Wildman–Crippen LogP) is 13.6. The van der Waals surface area contributed by atoms with Crippen LogP contribution < -0.4 is 0 Å². The molecule has 0 fully saturated rings. The van der Waals surface area contributed by atoms with Crippen LogP contribution in [0.3, 0.4) is 0 Å². The van der Waals surface area contributed by atoms with E-state index in [0.717, 1.165) is 48.4 Å². The first kappa shape index (κ1) is 29.9. The average molecular weight is 735 g/mol. The van der Waals surface area contributed by atoms with Crippen molar-refractivity contribution < 1.29 is 43.9 Å². The molecule has 9 rings (SSSR count). The molecule has 0 unspecified atom stereocenters. The Morgan fingerprint density at radius 1 is 0.292 bits per heavy atom. The van der Waals surface area contributed by atoms with Gasteiger partial charge in [0.15, 0.2) is 46.5 Å². The standard InChI is InChI=1S/C34H8F10S4/c35-21-19(22(36)26(40)29(43)25(21)39)9-1-3-15-11(5-9)31-33(45-15)13-7-18-14(8-17(13)47-31)34-32(48-18)12-6-10(2-4-16(12)46-34)20-23(37)27(41)30(44)28(42)24(20)38/h1-8H. The highest BCUT2D eigenvalue weighted by Crippen LogP contribution is 2.51. The van der Waals surface area contributed by atoms with Gasteiger partial charge in [-0.15, -0.1) is 45.3 Å². The van der Waals surface area contributed by atoms with Crippen molar-refractivity contribution in [1.29, 1.82) is 0 Å². The van der Waals surface area contributed by atoms with Gasteiger partial charge in [-0.3, -0.25) is 0 Å². The lowest BCUT2D eigenvalue weighted by atomic mass is 10.0. The van der Waals surface area contributed by atoms with Crippen LogP contribution >= 0.6 is 45.3 Å². The van der Waals surface area contributed by atoms with Crippen LogP contribution in [0.5, 0.6) is 0 Å². The summed E-state index contributed by atoms with van der Waals surface area (Å²) in [5.41, 5.74) is -2.34. The zero-order valence-electron chi connectivity index (χ0n) is 23.0. The summed E-state index contributed by atoms with van der Waals surface area (Å²) in [6.45, 7) is 0. The van der Waals surface area contributed by atoms with Gasteiger partial charge >= 0.3 is 0 Å². The third kappa shape index (κ3) is 3.88. The van der Waals surface area contributed by atoms with Crippen LogP contribution in [0.15, 0.2) is 48.5 Å². The summed E-state index contributed by atoms with van der Waals surface area (Å²) in [5.74, 6) is -20.2. The molecule has 0 spiro atoms. The zero-order valence-corrected chi connectivity index (χ0v) is 26.3. The van der Waals surface area contributed by atoms with Crippen molar-refractivity contribution in [3.8, 4) is 22.3 Å². The molecular formula is C34H8F10S4. The quantitative estimate of drug-likeness (QED) is 0.0942. The Bertz CT molecular complexity index is 2650. The molecule has 0 saturated carbocycles. The maximum atomic E-state index is 14.6. The van der Waals surface area contributed by atoms with E-state index in [1.54, 1.807) is 12.1 Å². The molecule has 5 aromatic carbocycles. The van der Waals surface area contributed by atoms with Crippen LogP contribution in [0.1, 0.15) is 0 Å². The molecule has 0 saturated heterocycles. The smallest absolute Gasteiger partial charge is 0.200 e. The Kier molecular flexibility index (Phi) is 6.31. The van der Waals surface area contributed by atoms with Gasteiger partial charge in [0.1, 0.15) is 0 Å². The SMILES string of the molecule is Fc1c(F)c(F)c(-c2ccc3sc4c5cc6sc7c8cc(-c9c(F)c(F)c(F)c(F)c9F)ccc8sc7c6cc5sc4c3c2)c(F)c1F. The summed E-state index contributed by atoms with van der Waals surface area (Å²) >= 11 is 5.61. The van der Waals surface area contributed by atoms with Gasteiger partial charge in [0.25, 0.3) is 0 Å². The largest absolute Gasteiger partial charge is 0.203 e. The lowest BCUT2D eigenvalue weighted by Crippen LogP contribution is -2.03. The number of hydrogen-bond acceptors (Lipinski definition) is 4. The first-order valence-corrected chi connectivity index (χ1v) is 16.9. The fraction of sp³-hybridized carbons (Fsp3) is 0. The molecule has 48 heavy (non-hydrogen) atoms. The summed E-state index contributed by atoms with van der Waals surface area (Å²) in [6.07, 6.45) is 0. The van der Waals surface area contributed by atoms with E-state index in [4.69, 9.17) is 0 Å². The summed E-state index contributed by atoms with van der Waals surface area (Å²) in [6, 6.07) is 12.5. The molecule has 4 heterocycles. The van der Waals surface area contributed by atoms with Crippen LogP contribution in [0, 0.1) is 58.2 Å². The molecule has 0 aliphatic heterocycles. The fourth-order valence-corrected chi connectivity index (χ4v) is 11.3. The molecule has 14 heteroatoms. The van der Waals surface area contributed by atoms with E-state index in [1.165, 1.54) is 69.6 Å². The Morgan fingerprint density at radius 2 is 0.562 bits per heavy atom. The highest BCUT2D eigenvalue weighted by Gasteiger charge is 2.29. The van der Waals surface area contributed by atoms with E-state index >= 15 is 0 Å². The Hall–Kier alpha value is -4.24. The molecular weight excluding hydrogens is 727 g/mol. The number of thiophene rings is 4. The normalized spacial score (nSPS) is 12.4. The van der Waals surface area contributed by atoms with E-state index in [9.17, 15) is 43.9 Å². The van der Waals surface area contributed by atoms with Crippen molar-refractivity contribution in [2.24, 2.45) is 0 Å². The second kappa shape index (κ2) is 10.1. The molecule has 9 aromatic rings. The number of benzene rings is 5. The highest BCUT2D eigenvalue weighted by atomic mass is 32.1. The summed E-state index contributed by atoms with van der Waals surface area (Å²) in [4.78, 5) is 0. The summed E-state index contributed by atoms with van der Waals surface area (Å²) in [5, 5.41) is 2.94. The number of halogens is 10. The molecule has 0 atom stereocenters. The molecule has 0 N–H and O–H groups in total. The van der Waals surface area contributed by atoms with Crippen molar-refractivity contribution in [2.45, 2.75) is 0 Å². The molecule has 0 aliphatic carbocycles. The second-order valence-electron chi connectivity index (χ2n) is 10.9. The van der Waals surface area contributed by atoms with Crippen LogP contribution in [0.25, 0.3) is 81.4 Å². The summed E-state index contributed by atoms with van der Waals surface area (Å²) < 4.78 is 148. The lowest BCUT2D eigenvalue weighted by molar-refractivity contribution is 0.381. The van der Waals surface area contributed by atoms with Gasteiger partial charge in [0.05, 0.1) is 29.9 Å². The van der Waals surface area contributed by atoms with Gasteiger partial charge in [-0.05, 0) is 47.5 Å². The van der Waals surface area contributed by atoms with Crippen LogP contribution in [-0.4, -0.2) is 0 Å². The summed E-state index contributed by atoms with van der Waals surface area (Å²) in [7, 11) is 0. The molecule has 0 nitrogen and oxygen atoms in total. The first-order valence-electron chi connectivity index (χ1n) is 13.7. The lowest BCUT2D eigenvalue weighted by Gasteiger charge is -2.08. The maximum absolute atomic E-state index is 14.6. The first-order chi connectivity index (χ1) is 22.9. The van der Waals surface area contributed by atoms with Gasteiger partial charge < -0.3 is 0 Å². The van der Waals surface area contributed by atoms with Gasteiger partial charge in [-0.1, -0.05) is 12.1 Å². The van der Waals surface area contributed by atoms with Gasteiger partial charge in [0, 0.05) is 40.3 Å². The van der Waals surface area contributed by atoms with E-state index in [2.05, 4.69) is 0 Å². The topological polar surface area (TPSA) is 0 Å². The van der Waals surface area contributed by atoms with Crippen molar-refractivity contribution >= 4 is 104 Å². The number of hydrogen-bond donors (Lipinski definition) is 0. The Balaban J connectivity index is 1.22. The number of fused-ring (bicyclic) bond motifs is 10. The van der Waals surface area contributed by atoms with Crippen molar-refractivity contribution in [1.82, 2.24) is 0 Å². The Labute approximate surface area is 276 Å². The van der Waals surface area contributed by atoms with E-state index in [0.29, 0.717) is 10.8 Å². The van der Waals surface area contributed by atoms with E-state index in [-0.39, 0.29) is 11.1 Å². The van der Waals surface area contributed by atoms with Gasteiger partial charge in [-0.25, -0.2) is 43.9 Å². The van der Waals surface area contributed by atoms with Crippen molar-refractivity contribution in [2.75, 3.05) is 0 Å². The van der Waals surface area contributed by atoms with Gasteiger partial charge in [-0.2, -0.15) is 0 Å². The van der Waals surface area contributed by atoms with Gasteiger partial charge in [0.2, 0.25) is 11.6 Å². The van der Waals surface area contributed by atoms with Crippen LogP contribution in [0.4, 0.5) is 43.9 Å². The van der Waals surface area contributed by atoms with Crippen molar-refractivity contribution in [3.05, 3.63) is 107 Å². The molecule has 4 aromatic heterocycles. The van der Waals surface area contributed by atoms with Crippen molar-refractivity contribution in [3.63, 3.8) is 0 Å². The Morgan fingerprint density at radius 3 is 0.896 bits per heavy atom. The fourth-order valence-electron chi connectivity index (χ4n) is 6.04. The third-order valence-corrected chi connectivity index (χ3v) is 13.3. The monoisotopic (exact) mass is 734 g/mol. The minimum Gasteiger partial charge on any atom is -0.203 e. The zero-order chi connectivity index (χ0) is 33.5. The maximum Gasteiger partial charge on any atom is 0.200 e. The molecule has 0 radical (unpaired) electrons. The minimum atomic E-state index is -2.23. The molecule has 0 aliphatic rings. The van der Waals surface area contributed by atoms with Crippen LogP contribution in [-0.2, 0) is 0 Å². The van der Waals surface area contributed by atoms with E-state index < -0.39 is 69.3 Å². The number of rotatable bonds is 2. The average Bonchev–Trinajstić information content (AvgIpc) is 3.82. The second-order valence-corrected chi connectivity index (χ2v) is 15.1. The minimum absolute atomic E-state index is 0.161. The molecule has 0 amide bonds. The van der Waals surface area contributed by atoms with Crippen LogP contribution in [0.2, 0.25) is 0 Å². The highest BCUT2D eigenvalue weighted by molar-refractivity contribution is 7.38.